The summed E-state index contributed by atoms with van der Waals surface area (Å²) in [5.74, 6) is 0.0451. The van der Waals surface area contributed by atoms with E-state index in [1.807, 2.05) is 67.6 Å². The molecule has 2 fully saturated rings. The topological polar surface area (TPSA) is 165 Å². The SMILES string of the molecule is Cc1ccc(S(=O)(=O)N2CC[C@@H]3[C@H](CO)Nc4ccc(-c5cccc(NC(=O)CCCCCCCCCCSc6cccc7c6CN(C6CCC(=O)NC6=O)C7=O)c5)cc4[C@@H]32)cc1. The van der Waals surface area contributed by atoms with Gasteiger partial charge in [0.15, 0.2) is 0 Å². The minimum absolute atomic E-state index is 0.0165. The molecule has 4 aliphatic heterocycles. The number of rotatable bonds is 18. The number of thioether (sulfide) groups is 1. The summed E-state index contributed by atoms with van der Waals surface area (Å²) < 4.78 is 29.6. The highest BCUT2D eigenvalue weighted by Gasteiger charge is 2.48. The van der Waals surface area contributed by atoms with Crippen LogP contribution in [0.15, 0.2) is 94.7 Å². The standard InChI is InChI=1S/C49H57N5O7S2/c1-32-17-20-36(21-18-32)63(60,61)54-26-25-38-42(31-55)51-41-22-19-34(29-39(41)47(38)54)33-12-10-13-35(28-33)50-45(56)16-8-6-4-2-3-5-7-9-27-62-44-15-11-14-37-40(44)30-53(49(37)59)43-23-24-46(57)52-48(43)58/h10-15,17-22,28-29,38,42-43,47,51,55H,2-9,16,23-27,30-31H2,1H3,(H,50,56)(H,52,57,58)/t38-,42+,43?,47-/m1/s1. The molecule has 4 amide bonds. The van der Waals surface area contributed by atoms with Crippen LogP contribution in [0.25, 0.3) is 11.1 Å². The third kappa shape index (κ3) is 9.89. The van der Waals surface area contributed by atoms with Crippen molar-refractivity contribution in [2.45, 2.75) is 118 Å². The van der Waals surface area contributed by atoms with Crippen molar-refractivity contribution in [2.75, 3.05) is 29.5 Å². The molecule has 4 aromatic carbocycles. The van der Waals surface area contributed by atoms with Crippen LogP contribution in [-0.2, 0) is 31.0 Å². The van der Waals surface area contributed by atoms with E-state index in [2.05, 4.69) is 28.1 Å². The van der Waals surface area contributed by atoms with Gasteiger partial charge in [-0.3, -0.25) is 24.5 Å². The van der Waals surface area contributed by atoms with Crippen molar-refractivity contribution in [3.63, 3.8) is 0 Å². The summed E-state index contributed by atoms with van der Waals surface area (Å²) in [7, 11) is -3.78. The molecule has 1 unspecified atom stereocenters. The van der Waals surface area contributed by atoms with Crippen LogP contribution in [0.5, 0.6) is 0 Å². The first-order valence-electron chi connectivity index (χ1n) is 22.4. The van der Waals surface area contributed by atoms with E-state index in [-0.39, 0.29) is 53.5 Å². The van der Waals surface area contributed by atoms with Crippen molar-refractivity contribution >= 4 is 56.8 Å². The smallest absolute Gasteiger partial charge is 0.255 e. The minimum Gasteiger partial charge on any atom is -0.394 e. The number of anilines is 2. The van der Waals surface area contributed by atoms with Crippen molar-refractivity contribution in [2.24, 2.45) is 5.92 Å². The molecule has 4 atom stereocenters. The van der Waals surface area contributed by atoms with E-state index in [4.69, 9.17) is 0 Å². The summed E-state index contributed by atoms with van der Waals surface area (Å²) in [6.45, 7) is 2.61. The number of aliphatic hydroxyl groups is 1. The lowest BCUT2D eigenvalue weighted by molar-refractivity contribution is -0.137. The molecule has 0 bridgehead atoms. The number of nitrogens with one attached hydrogen (secondary N) is 3. The zero-order valence-electron chi connectivity index (χ0n) is 35.8. The van der Waals surface area contributed by atoms with Crippen molar-refractivity contribution in [3.05, 3.63) is 107 Å². The number of carbonyl (C=O) groups is 4. The zero-order chi connectivity index (χ0) is 44.1. The molecule has 0 aromatic heterocycles. The van der Waals surface area contributed by atoms with Crippen LogP contribution in [-0.4, -0.2) is 77.3 Å². The summed E-state index contributed by atoms with van der Waals surface area (Å²) in [6, 6.07) is 25.2. The summed E-state index contributed by atoms with van der Waals surface area (Å²) in [5.41, 5.74) is 6.88. The van der Waals surface area contributed by atoms with Crippen LogP contribution in [0.1, 0.15) is 110 Å². The number of imide groups is 1. The Balaban J connectivity index is 0.756. The average molecular weight is 892 g/mol. The third-order valence-electron chi connectivity index (χ3n) is 13.0. The molecule has 0 spiro atoms. The summed E-state index contributed by atoms with van der Waals surface area (Å²) in [4.78, 5) is 53.1. The van der Waals surface area contributed by atoms with E-state index in [0.717, 1.165) is 95.5 Å². The lowest BCUT2D eigenvalue weighted by atomic mass is 9.82. The summed E-state index contributed by atoms with van der Waals surface area (Å²) in [5, 5.41) is 19.2. The van der Waals surface area contributed by atoms with E-state index < -0.39 is 22.1 Å². The highest BCUT2D eigenvalue weighted by Crippen LogP contribution is 2.49. The second-order valence-corrected chi connectivity index (χ2v) is 20.3. The first kappa shape index (κ1) is 44.6. The number of aliphatic hydroxyl groups excluding tert-OH is 1. The van der Waals surface area contributed by atoms with E-state index in [9.17, 15) is 32.7 Å². The molecule has 63 heavy (non-hydrogen) atoms. The van der Waals surface area contributed by atoms with Gasteiger partial charge in [0.1, 0.15) is 6.04 Å². The Bertz CT molecular complexity index is 2460. The number of fused-ring (bicyclic) bond motifs is 4. The minimum atomic E-state index is -3.78. The predicted molar refractivity (Wildman–Crippen MR) is 246 cm³/mol. The van der Waals surface area contributed by atoms with E-state index in [1.54, 1.807) is 33.1 Å². The number of hydrogen-bond acceptors (Lipinski definition) is 9. The molecular weight excluding hydrogens is 835 g/mol. The number of hydrogen-bond donors (Lipinski definition) is 4. The van der Waals surface area contributed by atoms with E-state index in [1.165, 1.54) is 0 Å². The molecule has 4 N–H and O–H groups in total. The van der Waals surface area contributed by atoms with Gasteiger partial charge in [-0.25, -0.2) is 8.42 Å². The second kappa shape index (κ2) is 19.8. The van der Waals surface area contributed by atoms with Gasteiger partial charge in [-0.05, 0) is 109 Å². The summed E-state index contributed by atoms with van der Waals surface area (Å²) in [6.07, 6.45) is 10.3. The highest BCUT2D eigenvalue weighted by molar-refractivity contribution is 7.99. The van der Waals surface area contributed by atoms with Gasteiger partial charge in [0.2, 0.25) is 27.7 Å². The lowest BCUT2D eigenvalue weighted by Gasteiger charge is -2.39. The largest absolute Gasteiger partial charge is 0.394 e. The Kier molecular flexibility index (Phi) is 14.0. The van der Waals surface area contributed by atoms with Crippen LogP contribution in [0.3, 0.4) is 0 Å². The van der Waals surface area contributed by atoms with Gasteiger partial charge in [-0.15, -0.1) is 11.8 Å². The van der Waals surface area contributed by atoms with Crippen LogP contribution in [0.4, 0.5) is 11.4 Å². The van der Waals surface area contributed by atoms with Crippen LogP contribution in [0, 0.1) is 12.8 Å². The first-order chi connectivity index (χ1) is 30.5. The molecular formula is C49H57N5O7S2. The number of carbonyl (C=O) groups excluding carboxylic acids is 4. The van der Waals surface area contributed by atoms with Gasteiger partial charge >= 0.3 is 0 Å². The first-order valence-corrected chi connectivity index (χ1v) is 24.8. The molecule has 4 heterocycles. The number of benzene rings is 4. The second-order valence-electron chi connectivity index (χ2n) is 17.3. The molecule has 4 aromatic rings. The molecule has 8 rings (SSSR count). The number of nitrogens with zero attached hydrogens (tertiary/aromatic N) is 2. The normalized spacial score (nSPS) is 20.8. The Morgan fingerprint density at radius 3 is 2.35 bits per heavy atom. The Morgan fingerprint density at radius 1 is 0.857 bits per heavy atom. The maximum atomic E-state index is 14.0. The molecule has 0 aliphatic carbocycles. The van der Waals surface area contributed by atoms with Crippen LogP contribution >= 0.6 is 11.8 Å². The molecule has 0 radical (unpaired) electrons. The van der Waals surface area contributed by atoms with Gasteiger partial charge in [-0.2, -0.15) is 4.31 Å². The van der Waals surface area contributed by atoms with Gasteiger partial charge in [0, 0.05) is 53.7 Å². The Morgan fingerprint density at radius 2 is 1.59 bits per heavy atom. The molecule has 14 heteroatoms. The highest BCUT2D eigenvalue weighted by atomic mass is 32.2. The van der Waals surface area contributed by atoms with Crippen molar-refractivity contribution in [3.8, 4) is 11.1 Å². The van der Waals surface area contributed by atoms with E-state index in [0.29, 0.717) is 43.6 Å². The monoisotopic (exact) mass is 891 g/mol. The number of amides is 4. The molecule has 332 valence electrons. The van der Waals surface area contributed by atoms with Crippen molar-refractivity contribution in [1.29, 1.82) is 0 Å². The van der Waals surface area contributed by atoms with Gasteiger partial charge < -0.3 is 20.6 Å². The number of unbranched alkanes of at least 4 members (excludes halogenated alkanes) is 7. The fourth-order valence-electron chi connectivity index (χ4n) is 9.64. The van der Waals surface area contributed by atoms with Gasteiger partial charge in [-0.1, -0.05) is 80.5 Å². The number of aryl methyl sites for hydroxylation is 1. The van der Waals surface area contributed by atoms with Crippen molar-refractivity contribution < 1.29 is 32.7 Å². The van der Waals surface area contributed by atoms with Gasteiger partial charge in [0.05, 0.1) is 23.6 Å². The number of piperidine rings is 1. The Labute approximate surface area is 374 Å². The van der Waals surface area contributed by atoms with Crippen LogP contribution in [0.2, 0.25) is 0 Å². The quantitative estimate of drug-likeness (QED) is 0.0438. The fraction of sp³-hybridized carbons (Fsp3) is 0.429. The summed E-state index contributed by atoms with van der Waals surface area (Å²) >= 11 is 1.76. The van der Waals surface area contributed by atoms with Gasteiger partial charge in [0.25, 0.3) is 5.91 Å². The van der Waals surface area contributed by atoms with E-state index >= 15 is 0 Å². The zero-order valence-corrected chi connectivity index (χ0v) is 37.4. The molecule has 0 saturated carbocycles. The Hall–Kier alpha value is -5.02. The number of sulfonamides is 1. The maximum absolute atomic E-state index is 14.0. The maximum Gasteiger partial charge on any atom is 0.255 e. The average Bonchev–Trinajstić information content (AvgIpc) is 3.88. The predicted octanol–water partition coefficient (Wildman–Crippen LogP) is 8.20. The lowest BCUT2D eigenvalue weighted by Crippen LogP contribution is -2.52. The molecule has 12 nitrogen and oxygen atoms in total. The van der Waals surface area contributed by atoms with Crippen LogP contribution < -0.4 is 16.0 Å². The van der Waals surface area contributed by atoms with Crippen molar-refractivity contribution in [1.82, 2.24) is 14.5 Å². The molecule has 4 aliphatic rings. The third-order valence-corrected chi connectivity index (χ3v) is 16.1. The fourth-order valence-corrected chi connectivity index (χ4v) is 12.4. The molecule has 2 saturated heterocycles.